The summed E-state index contributed by atoms with van der Waals surface area (Å²) in [5.74, 6) is 0. The molecule has 1 aromatic carbocycles. The van der Waals surface area contributed by atoms with E-state index in [0.717, 1.165) is 6.20 Å². The van der Waals surface area contributed by atoms with Gasteiger partial charge in [-0.05, 0) is 50.0 Å². The van der Waals surface area contributed by atoms with Crippen molar-refractivity contribution in [2.24, 2.45) is 0 Å². The quantitative estimate of drug-likeness (QED) is 0.887. The first kappa shape index (κ1) is 5.32. The zero-order valence-corrected chi connectivity index (χ0v) is 10.9. The number of aromatic nitrogens is 1. The number of aromatic amines is 1. The van der Waals surface area contributed by atoms with Crippen LogP contribution >= 0.6 is 0 Å². The smallest absolute Gasteiger partial charge is 0.407 e. The summed E-state index contributed by atoms with van der Waals surface area (Å²) in [6.07, 6.45) is -2.88. The molecule has 1 fully saturated rings. The van der Waals surface area contributed by atoms with Gasteiger partial charge in [-0.1, -0.05) is 6.04 Å². The van der Waals surface area contributed by atoms with Crippen LogP contribution in [0.1, 0.15) is 26.2 Å². The molecule has 21 heavy (non-hydrogen) atoms. The fourth-order valence-electron chi connectivity index (χ4n) is 2.02. The van der Waals surface area contributed by atoms with Crippen molar-refractivity contribution in [3.8, 4) is 0 Å². The van der Waals surface area contributed by atoms with Gasteiger partial charge >= 0.3 is 6.09 Å². The minimum absolute atomic E-state index is 0.112. The molecule has 1 saturated heterocycles. The van der Waals surface area contributed by atoms with Crippen LogP contribution in [-0.2, 0) is 17.5 Å². The van der Waals surface area contributed by atoms with Crippen molar-refractivity contribution in [1.29, 1.82) is 0 Å². The Morgan fingerprint density at radius 2 is 2.52 bits per heavy atom. The minimum atomic E-state index is -2.96. The van der Waals surface area contributed by atoms with Crippen LogP contribution in [0.5, 0.6) is 0 Å². The van der Waals surface area contributed by atoms with Crippen molar-refractivity contribution in [1.82, 2.24) is 15.2 Å². The van der Waals surface area contributed by atoms with Gasteiger partial charge in [-0.3, -0.25) is 0 Å². The van der Waals surface area contributed by atoms with E-state index >= 15 is 0 Å². The van der Waals surface area contributed by atoms with E-state index in [9.17, 15) is 4.79 Å². The molecule has 1 amide bonds. The SMILES string of the molecule is [2H]c1c(C([2H])([2H])[C@H]2COC(=O)N2[2H])c([2H])c2c(CCN(C([2H])([2H])[2H])C([2H])([2H])[2H])cn([2H])c2c1[2H]. The summed E-state index contributed by atoms with van der Waals surface area (Å²) >= 11 is 0. The van der Waals surface area contributed by atoms with Gasteiger partial charge in [-0.15, -0.1) is 0 Å². The molecule has 2 N–H and O–H groups in total. The van der Waals surface area contributed by atoms with Crippen molar-refractivity contribution in [3.05, 3.63) is 35.5 Å². The van der Waals surface area contributed by atoms with Crippen molar-refractivity contribution in [3.63, 3.8) is 0 Å². The van der Waals surface area contributed by atoms with E-state index in [1.54, 1.807) is 0 Å². The Balaban J connectivity index is 2.15. The molecule has 0 saturated carbocycles. The maximum Gasteiger partial charge on any atom is 0.407 e. The van der Waals surface area contributed by atoms with Crippen LogP contribution in [0.2, 0.25) is 2.82 Å². The van der Waals surface area contributed by atoms with Gasteiger partial charge in [0.05, 0.1) is 10.2 Å². The van der Waals surface area contributed by atoms with E-state index in [4.69, 9.17) is 17.9 Å². The van der Waals surface area contributed by atoms with Crippen LogP contribution in [-0.4, -0.2) is 49.1 Å². The number of alkyl carbamates (subject to hydrolysis) is 1. The molecule has 3 rings (SSSR count). The van der Waals surface area contributed by atoms with Crippen LogP contribution in [0, 0.1) is 0 Å². The first-order chi connectivity index (χ1) is 15.4. The Kier molecular flexibility index (Phi) is 1.46. The van der Waals surface area contributed by atoms with Gasteiger partial charge in [0.15, 0.2) is 2.82 Å². The van der Waals surface area contributed by atoms with Gasteiger partial charge in [-0.25, -0.2) is 4.79 Å². The molecule has 2 heterocycles. The third-order valence-corrected chi connectivity index (χ3v) is 3.00. The lowest BCUT2D eigenvalue weighted by Crippen LogP contribution is -2.28. The number of likely N-dealkylation sites (N-methyl/N-ethyl adjacent to an activating group) is 1. The minimum Gasteiger partial charge on any atom is -0.447 e. The molecule has 0 unspecified atom stereocenters. The fraction of sp³-hybridized carbons (Fsp3) is 0.438. The zero-order chi connectivity index (χ0) is 26.0. The highest BCUT2D eigenvalue weighted by atomic mass is 16.6. The van der Waals surface area contributed by atoms with Crippen molar-refractivity contribution >= 4 is 17.0 Å². The highest BCUT2D eigenvalue weighted by Crippen LogP contribution is 2.21. The molecule has 0 radical (unpaired) electrons. The second kappa shape index (κ2) is 5.77. The van der Waals surface area contributed by atoms with Crippen LogP contribution in [0.3, 0.4) is 0 Å². The number of carbonyl (C=O) groups excluding carboxylic acids is 1. The molecule has 5 heteroatoms. The molecule has 5 nitrogen and oxygen atoms in total. The van der Waals surface area contributed by atoms with Gasteiger partial charge in [-0.2, -0.15) is 0 Å². The maximum absolute atomic E-state index is 11.6. The van der Waals surface area contributed by atoms with Crippen LogP contribution in [0.4, 0.5) is 4.79 Å². The van der Waals surface area contributed by atoms with E-state index in [-0.39, 0.29) is 28.2 Å². The lowest BCUT2D eigenvalue weighted by atomic mass is 10.0. The van der Waals surface area contributed by atoms with E-state index in [2.05, 4.69) is 4.74 Å². The Morgan fingerprint density at radius 3 is 3.29 bits per heavy atom. The number of H-pyrrole nitrogens is 1. The number of cyclic esters (lactones) is 1. The van der Waals surface area contributed by atoms with E-state index in [1.165, 1.54) is 0 Å². The predicted molar refractivity (Wildman–Crippen MR) is 82.5 cm³/mol. The summed E-state index contributed by atoms with van der Waals surface area (Å²) in [5.41, 5.74) is -0.692. The largest absolute Gasteiger partial charge is 0.447 e. The third-order valence-electron chi connectivity index (χ3n) is 3.00. The molecule has 1 aromatic heterocycles. The molecule has 0 aliphatic carbocycles. The number of ether oxygens (including phenoxy) is 1. The van der Waals surface area contributed by atoms with E-state index < -0.39 is 69.3 Å². The van der Waals surface area contributed by atoms with Gasteiger partial charge in [0.25, 0.3) is 0 Å². The molecule has 0 spiro atoms. The van der Waals surface area contributed by atoms with Gasteiger partial charge in [0, 0.05) is 34.6 Å². The Morgan fingerprint density at radius 1 is 1.62 bits per heavy atom. The van der Waals surface area contributed by atoms with E-state index in [1.807, 2.05) is 0 Å². The second-order valence-electron chi connectivity index (χ2n) is 4.52. The summed E-state index contributed by atoms with van der Waals surface area (Å²) in [5, 5.41) is 0.140. The Labute approximate surface area is 142 Å². The first-order valence-electron chi connectivity index (χ1n) is 12.7. The Hall–Kier alpha value is -2.01. The normalized spacial score (nSPS) is 29.6. The van der Waals surface area contributed by atoms with Gasteiger partial charge < -0.3 is 19.9 Å². The summed E-state index contributed by atoms with van der Waals surface area (Å²) in [6.45, 7) is -6.95. The van der Waals surface area contributed by atoms with Crippen molar-refractivity contribution < 1.29 is 27.4 Å². The number of carbonyl (C=O) groups is 1. The number of amides is 1. The summed E-state index contributed by atoms with van der Waals surface area (Å²) in [6, 6.07) is -3.38. The average molecular weight is 300 g/mol. The van der Waals surface area contributed by atoms with Crippen LogP contribution in [0.15, 0.2) is 24.3 Å². The van der Waals surface area contributed by atoms with Gasteiger partial charge in [0.1, 0.15) is 6.61 Å². The summed E-state index contributed by atoms with van der Waals surface area (Å²) in [7, 11) is 0. The first-order valence-corrected chi connectivity index (χ1v) is 6.26. The number of fused-ring (bicyclic) bond motifs is 1. The third kappa shape index (κ3) is 3.19. The number of hydrogen-bond acceptors (Lipinski definition) is 3. The molecular formula is C16H21N3O2. The number of rotatable bonds is 5. The maximum atomic E-state index is 11.6. The lowest BCUT2D eigenvalue weighted by molar-refractivity contribution is 0.177. The summed E-state index contributed by atoms with van der Waals surface area (Å²) < 4.78 is 108. The number of nitrogens with one attached hydrogen (secondary N) is 2. The van der Waals surface area contributed by atoms with Gasteiger partial charge in [0.2, 0.25) is 0 Å². The van der Waals surface area contributed by atoms with Crippen molar-refractivity contribution in [2.45, 2.75) is 18.8 Å². The molecule has 1 atom stereocenters. The predicted octanol–water partition coefficient (Wildman–Crippen LogP) is 1.92. The number of hydrogen-bond donors (Lipinski definition) is 2. The monoisotopic (exact) mass is 300 g/mol. The highest BCUT2D eigenvalue weighted by molar-refractivity contribution is 5.84. The fourth-order valence-corrected chi connectivity index (χ4v) is 2.02. The molecule has 1 aliphatic rings. The molecule has 0 bridgehead atoms. The van der Waals surface area contributed by atoms with Crippen LogP contribution in [0.25, 0.3) is 10.9 Å². The van der Waals surface area contributed by atoms with E-state index in [0.29, 0.717) is 9.88 Å². The van der Waals surface area contributed by atoms with Crippen molar-refractivity contribution in [2.75, 3.05) is 27.1 Å². The number of benzene rings is 1. The zero-order valence-electron chi connectivity index (χ0n) is 23.9. The molecule has 112 valence electrons. The second-order valence-corrected chi connectivity index (χ2v) is 4.52. The average Bonchev–Trinajstić information content (AvgIpc) is 3.17. The topological polar surface area (TPSA) is 57.4 Å². The molecular weight excluding hydrogens is 266 g/mol. The lowest BCUT2D eigenvalue weighted by Gasteiger charge is -2.09. The molecule has 2 aromatic rings. The molecule has 1 aliphatic heterocycles. The van der Waals surface area contributed by atoms with Crippen LogP contribution < -0.4 is 5.31 Å². The highest BCUT2D eigenvalue weighted by Gasteiger charge is 2.22. The standard InChI is InChI=1S/C16H21N3O2/c1-19(2)6-5-12-9-17-15-4-3-11(8-14(12)15)7-13-10-21-16(20)18-13/h3-4,8-9,13,17H,5-7,10H2,1-2H3,(H,18,20)/t13-/m0/s1/i1D3,2D3,3D,4D,7D2,8D/hD2. The Bertz CT molecular complexity index is 1110. The number of nitrogens with zero attached hydrogens (tertiary/aromatic N) is 1. The summed E-state index contributed by atoms with van der Waals surface area (Å²) in [4.78, 5) is 12.6.